The van der Waals surface area contributed by atoms with E-state index in [9.17, 15) is 4.79 Å². The molecule has 0 spiro atoms. The maximum atomic E-state index is 12.1. The van der Waals surface area contributed by atoms with Crippen molar-refractivity contribution < 1.29 is 0 Å². The van der Waals surface area contributed by atoms with Crippen LogP contribution in [0.5, 0.6) is 0 Å². The maximum absolute atomic E-state index is 12.1. The molecule has 0 aliphatic heterocycles. The minimum Gasteiger partial charge on any atom is -0.300 e. The molecule has 0 saturated heterocycles. The highest BCUT2D eigenvalue weighted by molar-refractivity contribution is 5.39. The number of aryl methyl sites for hydroxylation is 4. The van der Waals surface area contributed by atoms with E-state index in [0.29, 0.717) is 12.2 Å². The van der Waals surface area contributed by atoms with Crippen LogP contribution in [0.2, 0.25) is 0 Å². The van der Waals surface area contributed by atoms with Crippen LogP contribution in [0.15, 0.2) is 23.0 Å². The molecule has 3 rings (SSSR count). The summed E-state index contributed by atoms with van der Waals surface area (Å²) in [5.41, 5.74) is 4.58. The molecule has 3 aromatic rings. The largest absolute Gasteiger partial charge is 0.300 e. The summed E-state index contributed by atoms with van der Waals surface area (Å²) in [4.78, 5) is 18.8. The molecule has 0 amide bonds. The van der Waals surface area contributed by atoms with Gasteiger partial charge >= 0.3 is 0 Å². The van der Waals surface area contributed by atoms with Crippen molar-refractivity contribution in [1.82, 2.24) is 29.3 Å². The molecule has 128 valence electrons. The van der Waals surface area contributed by atoms with Gasteiger partial charge in [0.1, 0.15) is 0 Å². The van der Waals surface area contributed by atoms with Gasteiger partial charge in [0.05, 0.1) is 11.4 Å². The number of aromatic nitrogens is 5. The van der Waals surface area contributed by atoms with E-state index in [2.05, 4.69) is 33.1 Å². The number of aromatic amines is 1. The molecule has 24 heavy (non-hydrogen) atoms. The zero-order chi connectivity index (χ0) is 17.3. The van der Waals surface area contributed by atoms with Crippen LogP contribution in [0.1, 0.15) is 29.2 Å². The molecule has 3 heterocycles. The lowest BCUT2D eigenvalue weighted by molar-refractivity contribution is 0.307. The second-order valence-corrected chi connectivity index (χ2v) is 6.46. The summed E-state index contributed by atoms with van der Waals surface area (Å²) < 4.78 is 3.52. The Kier molecular flexibility index (Phi) is 4.53. The molecule has 0 radical (unpaired) electrons. The number of hydrogen-bond acceptors (Lipinski definition) is 4. The molecule has 0 atom stereocenters. The van der Waals surface area contributed by atoms with Gasteiger partial charge in [0.15, 0.2) is 5.65 Å². The molecular weight excluding hydrogens is 304 g/mol. The Balaban J connectivity index is 1.59. The van der Waals surface area contributed by atoms with Gasteiger partial charge in [-0.2, -0.15) is 5.10 Å². The molecule has 0 aliphatic carbocycles. The molecule has 1 N–H and O–H groups in total. The molecule has 0 aromatic carbocycles. The average molecular weight is 328 g/mol. The Bertz CT molecular complexity index is 904. The van der Waals surface area contributed by atoms with Gasteiger partial charge in [0.2, 0.25) is 0 Å². The van der Waals surface area contributed by atoms with Gasteiger partial charge < -0.3 is 4.90 Å². The topological polar surface area (TPSA) is 71.2 Å². The van der Waals surface area contributed by atoms with Crippen molar-refractivity contribution in [2.45, 2.75) is 40.3 Å². The smallest absolute Gasteiger partial charge is 0.272 e. The maximum Gasteiger partial charge on any atom is 0.272 e. The molecule has 7 heteroatoms. The van der Waals surface area contributed by atoms with E-state index in [1.54, 1.807) is 6.07 Å². The summed E-state index contributed by atoms with van der Waals surface area (Å²) in [6.07, 6.45) is 1.00. The van der Waals surface area contributed by atoms with Gasteiger partial charge in [-0.05, 0) is 40.3 Å². The van der Waals surface area contributed by atoms with Crippen LogP contribution in [0.3, 0.4) is 0 Å². The summed E-state index contributed by atoms with van der Waals surface area (Å²) >= 11 is 0. The number of nitrogens with zero attached hydrogens (tertiary/aromatic N) is 5. The van der Waals surface area contributed by atoms with Crippen molar-refractivity contribution in [2.75, 3.05) is 13.6 Å². The third-order valence-electron chi connectivity index (χ3n) is 4.08. The zero-order valence-electron chi connectivity index (χ0n) is 14.7. The minimum absolute atomic E-state index is 0.0702. The fourth-order valence-corrected chi connectivity index (χ4v) is 2.99. The van der Waals surface area contributed by atoms with E-state index in [1.165, 1.54) is 10.2 Å². The first-order valence-corrected chi connectivity index (χ1v) is 8.20. The third kappa shape index (κ3) is 3.56. The van der Waals surface area contributed by atoms with Crippen LogP contribution in [-0.4, -0.2) is 42.9 Å². The van der Waals surface area contributed by atoms with E-state index in [1.807, 2.05) is 31.6 Å². The van der Waals surface area contributed by atoms with Crippen LogP contribution in [0.4, 0.5) is 0 Å². The lowest BCUT2D eigenvalue weighted by atomic mass is 10.3. The molecule has 0 bridgehead atoms. The second kappa shape index (κ2) is 6.60. The zero-order valence-corrected chi connectivity index (χ0v) is 14.7. The normalized spacial score (nSPS) is 11.7. The first-order chi connectivity index (χ1) is 11.4. The third-order valence-corrected chi connectivity index (χ3v) is 4.08. The Labute approximate surface area is 140 Å². The molecule has 3 aromatic heterocycles. The number of H-pyrrole nitrogens is 1. The van der Waals surface area contributed by atoms with Crippen molar-refractivity contribution >= 4 is 5.65 Å². The Morgan fingerprint density at radius 3 is 2.71 bits per heavy atom. The van der Waals surface area contributed by atoms with Crippen molar-refractivity contribution in [3.8, 4) is 0 Å². The fourth-order valence-electron chi connectivity index (χ4n) is 2.99. The molecule has 0 fully saturated rings. The standard InChI is InChI=1S/C17H24N6O/c1-12-8-14(3)22(19-12)7-5-6-21(4)11-15-10-17(24)23-16(18-15)9-13(2)20-23/h8-10,20H,5-7,11H2,1-4H3. The van der Waals surface area contributed by atoms with Crippen LogP contribution < -0.4 is 5.56 Å². The molecule has 7 nitrogen and oxygen atoms in total. The Morgan fingerprint density at radius 1 is 1.21 bits per heavy atom. The van der Waals surface area contributed by atoms with Gasteiger partial charge in [0.25, 0.3) is 5.56 Å². The lowest BCUT2D eigenvalue weighted by Gasteiger charge is -2.16. The van der Waals surface area contributed by atoms with Crippen LogP contribution in [-0.2, 0) is 13.1 Å². The van der Waals surface area contributed by atoms with Crippen LogP contribution in [0, 0.1) is 20.8 Å². The first kappa shape index (κ1) is 16.4. The van der Waals surface area contributed by atoms with Gasteiger partial charge in [-0.3, -0.25) is 14.6 Å². The van der Waals surface area contributed by atoms with Crippen LogP contribution >= 0.6 is 0 Å². The summed E-state index contributed by atoms with van der Waals surface area (Å²) in [6.45, 7) is 8.49. The monoisotopic (exact) mass is 328 g/mol. The summed E-state index contributed by atoms with van der Waals surface area (Å²) in [6, 6.07) is 5.57. The highest BCUT2D eigenvalue weighted by atomic mass is 16.1. The van der Waals surface area contributed by atoms with E-state index >= 15 is 0 Å². The molecule has 0 aliphatic rings. The number of rotatable bonds is 6. The lowest BCUT2D eigenvalue weighted by Crippen LogP contribution is -2.23. The quantitative estimate of drug-likeness (QED) is 0.747. The Hall–Kier alpha value is -2.41. The number of nitrogens with one attached hydrogen (secondary N) is 1. The molecule has 0 saturated carbocycles. The van der Waals surface area contributed by atoms with Crippen molar-refractivity contribution in [2.24, 2.45) is 0 Å². The van der Waals surface area contributed by atoms with Gasteiger partial charge in [0, 0.05) is 43.2 Å². The van der Waals surface area contributed by atoms with Crippen LogP contribution in [0.25, 0.3) is 5.65 Å². The average Bonchev–Trinajstić information content (AvgIpc) is 3.01. The SMILES string of the molecule is Cc1cc(C)n(CCCN(C)Cc2cc(=O)n3[nH]c(C)cc3n2)n1. The van der Waals surface area contributed by atoms with Gasteiger partial charge in [-0.1, -0.05) is 0 Å². The second-order valence-electron chi connectivity index (χ2n) is 6.46. The first-order valence-electron chi connectivity index (χ1n) is 8.20. The van der Waals surface area contributed by atoms with Crippen molar-refractivity contribution in [3.05, 3.63) is 51.3 Å². The van der Waals surface area contributed by atoms with E-state index in [-0.39, 0.29) is 5.56 Å². The van der Waals surface area contributed by atoms with Gasteiger partial charge in [-0.25, -0.2) is 9.50 Å². The number of hydrogen-bond donors (Lipinski definition) is 1. The van der Waals surface area contributed by atoms with E-state index < -0.39 is 0 Å². The highest BCUT2D eigenvalue weighted by Gasteiger charge is 2.08. The highest BCUT2D eigenvalue weighted by Crippen LogP contribution is 2.06. The Morgan fingerprint density at radius 2 is 2.00 bits per heavy atom. The molecule has 0 unspecified atom stereocenters. The van der Waals surface area contributed by atoms with Gasteiger partial charge in [-0.15, -0.1) is 0 Å². The minimum atomic E-state index is -0.0702. The summed E-state index contributed by atoms with van der Waals surface area (Å²) in [5, 5.41) is 7.46. The van der Waals surface area contributed by atoms with E-state index in [4.69, 9.17) is 0 Å². The van der Waals surface area contributed by atoms with Crippen molar-refractivity contribution in [3.63, 3.8) is 0 Å². The summed E-state index contributed by atoms with van der Waals surface area (Å²) in [5.74, 6) is 0. The fraction of sp³-hybridized carbons (Fsp3) is 0.471. The predicted octanol–water partition coefficient (Wildman–Crippen LogP) is 1.67. The van der Waals surface area contributed by atoms with Crippen molar-refractivity contribution in [1.29, 1.82) is 0 Å². The van der Waals surface area contributed by atoms with E-state index in [0.717, 1.165) is 36.6 Å². The number of fused-ring (bicyclic) bond motifs is 1. The predicted molar refractivity (Wildman–Crippen MR) is 93.2 cm³/mol. The summed E-state index contributed by atoms with van der Waals surface area (Å²) in [7, 11) is 2.05. The molecular formula is C17H24N6O.